The third-order valence-electron chi connectivity index (χ3n) is 5.55. The molecule has 0 radical (unpaired) electrons. The van der Waals surface area contributed by atoms with Crippen LogP contribution in [0.15, 0.2) is 60.9 Å². The molecule has 5 heteroatoms. The number of phenols is 1. The van der Waals surface area contributed by atoms with Gasteiger partial charge in [-0.25, -0.2) is 0 Å². The molecule has 1 aromatic heterocycles. The highest BCUT2D eigenvalue weighted by atomic mass is 16.3. The third kappa shape index (κ3) is 3.96. The first-order valence-corrected chi connectivity index (χ1v) is 10.3. The molecule has 1 amide bonds. The van der Waals surface area contributed by atoms with E-state index in [-0.39, 0.29) is 17.4 Å². The molecule has 1 N–H and O–H groups in total. The molecule has 0 spiro atoms. The van der Waals surface area contributed by atoms with Crippen molar-refractivity contribution in [3.8, 4) is 16.9 Å². The number of benzene rings is 2. The summed E-state index contributed by atoms with van der Waals surface area (Å²) in [6.45, 7) is 2.43. The molecular weight excluding hydrogens is 376 g/mol. The van der Waals surface area contributed by atoms with E-state index in [1.54, 1.807) is 23.4 Å². The van der Waals surface area contributed by atoms with Gasteiger partial charge in [-0.2, -0.15) is 0 Å². The number of anilines is 1. The Kier molecular flexibility index (Phi) is 5.61. The van der Waals surface area contributed by atoms with E-state index in [4.69, 9.17) is 0 Å². The van der Waals surface area contributed by atoms with Crippen molar-refractivity contribution in [1.82, 2.24) is 4.98 Å². The first kappa shape index (κ1) is 19.8. The highest BCUT2D eigenvalue weighted by Crippen LogP contribution is 2.40. The Morgan fingerprint density at radius 1 is 1.10 bits per heavy atom. The summed E-state index contributed by atoms with van der Waals surface area (Å²) in [5, 5.41) is 10.6. The smallest absolute Gasteiger partial charge is 0.226 e. The molecule has 0 aliphatic carbocycles. The van der Waals surface area contributed by atoms with Crippen LogP contribution in [0.2, 0.25) is 0 Å². The zero-order chi connectivity index (χ0) is 21.1. The zero-order valence-electron chi connectivity index (χ0n) is 17.0. The summed E-state index contributed by atoms with van der Waals surface area (Å²) in [7, 11) is 0. The van der Waals surface area contributed by atoms with E-state index in [9.17, 15) is 14.7 Å². The monoisotopic (exact) mass is 400 g/mol. The first-order valence-electron chi connectivity index (χ1n) is 10.3. The summed E-state index contributed by atoms with van der Waals surface area (Å²) < 4.78 is 0. The van der Waals surface area contributed by atoms with E-state index in [0.29, 0.717) is 37.1 Å². The molecule has 0 bridgehead atoms. The van der Waals surface area contributed by atoms with Gasteiger partial charge in [0.15, 0.2) is 5.78 Å². The number of carbonyl (C=O) groups excluding carboxylic acids is 2. The fourth-order valence-electron chi connectivity index (χ4n) is 3.93. The molecule has 1 aliphatic rings. The average molecular weight is 400 g/mol. The van der Waals surface area contributed by atoms with Gasteiger partial charge >= 0.3 is 0 Å². The van der Waals surface area contributed by atoms with Crippen molar-refractivity contribution >= 4 is 17.4 Å². The van der Waals surface area contributed by atoms with Crippen LogP contribution in [0, 0.1) is 0 Å². The molecule has 2 aromatic carbocycles. The van der Waals surface area contributed by atoms with Crippen LogP contribution in [-0.4, -0.2) is 28.3 Å². The molecule has 2 heterocycles. The van der Waals surface area contributed by atoms with Crippen molar-refractivity contribution in [2.45, 2.75) is 32.6 Å². The van der Waals surface area contributed by atoms with Crippen LogP contribution in [0.1, 0.15) is 41.3 Å². The number of ketones is 1. The van der Waals surface area contributed by atoms with Gasteiger partial charge in [0.05, 0.1) is 5.69 Å². The molecule has 5 nitrogen and oxygen atoms in total. The van der Waals surface area contributed by atoms with Crippen molar-refractivity contribution < 1.29 is 14.7 Å². The van der Waals surface area contributed by atoms with Gasteiger partial charge in [-0.05, 0) is 53.3 Å². The number of amides is 1. The van der Waals surface area contributed by atoms with Crippen molar-refractivity contribution in [1.29, 1.82) is 0 Å². The lowest BCUT2D eigenvalue weighted by Crippen LogP contribution is -2.27. The SMILES string of the molecule is CCC(=O)N1CCc2cc(-c3ccc(C(=O)CCc4cccnc4)cc3)cc(O)c21. The molecule has 1 aliphatic heterocycles. The quantitative estimate of drug-likeness (QED) is 0.616. The van der Waals surface area contributed by atoms with Gasteiger partial charge in [0.1, 0.15) is 5.75 Å². The molecule has 30 heavy (non-hydrogen) atoms. The maximum absolute atomic E-state index is 12.5. The summed E-state index contributed by atoms with van der Waals surface area (Å²) in [6.07, 6.45) is 5.75. The number of aromatic nitrogens is 1. The number of pyridine rings is 1. The normalized spacial score (nSPS) is 12.6. The lowest BCUT2D eigenvalue weighted by atomic mass is 9.98. The largest absolute Gasteiger partial charge is 0.506 e. The van der Waals surface area contributed by atoms with Crippen LogP contribution in [0.25, 0.3) is 11.1 Å². The van der Waals surface area contributed by atoms with Gasteiger partial charge in [-0.3, -0.25) is 14.6 Å². The highest BCUT2D eigenvalue weighted by Gasteiger charge is 2.27. The summed E-state index contributed by atoms with van der Waals surface area (Å²) >= 11 is 0. The molecule has 3 aromatic rings. The second-order valence-electron chi connectivity index (χ2n) is 7.51. The second-order valence-corrected chi connectivity index (χ2v) is 7.51. The third-order valence-corrected chi connectivity index (χ3v) is 5.55. The fourth-order valence-corrected chi connectivity index (χ4v) is 3.93. The number of aromatic hydroxyl groups is 1. The van der Waals surface area contributed by atoms with Crippen LogP contribution >= 0.6 is 0 Å². The number of carbonyl (C=O) groups is 2. The second kappa shape index (κ2) is 8.49. The predicted octanol–water partition coefficient (Wildman–Crippen LogP) is 4.57. The number of rotatable bonds is 6. The van der Waals surface area contributed by atoms with Crippen LogP contribution in [0.3, 0.4) is 0 Å². The topological polar surface area (TPSA) is 70.5 Å². The Morgan fingerprint density at radius 2 is 1.90 bits per heavy atom. The average Bonchev–Trinajstić information content (AvgIpc) is 3.22. The van der Waals surface area contributed by atoms with E-state index in [1.807, 2.05) is 49.4 Å². The number of Topliss-reactive ketones (excluding diaryl/α,β-unsaturated/α-hetero) is 1. The molecule has 4 rings (SSSR count). The first-order chi connectivity index (χ1) is 14.6. The number of nitrogens with zero attached hydrogens (tertiary/aromatic N) is 2. The highest BCUT2D eigenvalue weighted by molar-refractivity contribution is 5.98. The Bertz CT molecular complexity index is 1080. The number of hydrogen-bond acceptors (Lipinski definition) is 4. The number of hydrogen-bond donors (Lipinski definition) is 1. The van der Waals surface area contributed by atoms with Crippen LogP contribution < -0.4 is 4.90 Å². The molecule has 0 saturated heterocycles. The maximum Gasteiger partial charge on any atom is 0.226 e. The van der Waals surface area contributed by atoms with Crippen LogP contribution in [0.4, 0.5) is 5.69 Å². The Morgan fingerprint density at radius 3 is 2.60 bits per heavy atom. The summed E-state index contributed by atoms with van der Waals surface area (Å²) in [5.74, 6) is 0.236. The molecule has 152 valence electrons. The van der Waals surface area contributed by atoms with Gasteiger partial charge in [-0.1, -0.05) is 37.3 Å². The van der Waals surface area contributed by atoms with Gasteiger partial charge in [0, 0.05) is 37.3 Å². The van der Waals surface area contributed by atoms with Gasteiger partial charge < -0.3 is 10.0 Å². The van der Waals surface area contributed by atoms with Crippen molar-refractivity contribution in [3.05, 3.63) is 77.6 Å². The summed E-state index contributed by atoms with van der Waals surface area (Å²) in [4.78, 5) is 30.4. The van der Waals surface area contributed by atoms with Crippen molar-refractivity contribution in [2.75, 3.05) is 11.4 Å². The predicted molar refractivity (Wildman–Crippen MR) is 117 cm³/mol. The summed E-state index contributed by atoms with van der Waals surface area (Å²) in [6, 6.07) is 15.0. The van der Waals surface area contributed by atoms with Crippen LogP contribution in [0.5, 0.6) is 5.75 Å². The minimum absolute atomic E-state index is 0.0194. The maximum atomic E-state index is 12.5. The number of fused-ring (bicyclic) bond motifs is 1. The van der Waals surface area contributed by atoms with Gasteiger partial charge in [-0.15, -0.1) is 0 Å². The lowest BCUT2D eigenvalue weighted by Gasteiger charge is -2.18. The molecule has 0 fully saturated rings. The fraction of sp³-hybridized carbons (Fsp3) is 0.240. The van der Waals surface area contributed by atoms with E-state index in [1.165, 1.54) is 0 Å². The van der Waals surface area contributed by atoms with Gasteiger partial charge in [0.25, 0.3) is 0 Å². The van der Waals surface area contributed by atoms with E-state index >= 15 is 0 Å². The molecule has 0 saturated carbocycles. The van der Waals surface area contributed by atoms with E-state index in [2.05, 4.69) is 4.98 Å². The Hall–Kier alpha value is -3.47. The number of phenolic OH excluding ortho intramolecular Hbond substituents is 1. The van der Waals surface area contributed by atoms with E-state index < -0.39 is 0 Å². The standard InChI is InChI=1S/C25H24N2O3/c1-2-24(30)27-13-11-20-14-21(15-23(29)25(20)27)18-6-8-19(9-7-18)22(28)10-5-17-4-3-12-26-16-17/h3-4,6-9,12,14-16,29H,2,5,10-11,13H2,1H3. The summed E-state index contributed by atoms with van der Waals surface area (Å²) in [5.41, 5.74) is 5.14. The molecule has 0 unspecified atom stereocenters. The zero-order valence-corrected chi connectivity index (χ0v) is 17.0. The molecule has 0 atom stereocenters. The van der Waals surface area contributed by atoms with Crippen LogP contribution in [-0.2, 0) is 17.6 Å². The van der Waals surface area contributed by atoms with Crippen molar-refractivity contribution in [3.63, 3.8) is 0 Å². The Balaban J connectivity index is 1.50. The minimum Gasteiger partial charge on any atom is -0.506 e. The minimum atomic E-state index is 0.0194. The lowest BCUT2D eigenvalue weighted by molar-refractivity contribution is -0.118. The van der Waals surface area contributed by atoms with Crippen molar-refractivity contribution in [2.24, 2.45) is 0 Å². The van der Waals surface area contributed by atoms with E-state index in [0.717, 1.165) is 28.7 Å². The number of aryl methyl sites for hydroxylation is 1. The van der Waals surface area contributed by atoms with Gasteiger partial charge in [0.2, 0.25) is 5.91 Å². The Labute approximate surface area is 176 Å². The molecular formula is C25H24N2O3.